The molecule has 2 aromatic carbocycles. The monoisotopic (exact) mass is 358 g/mol. The number of rotatable bonds is 5. The molecule has 0 atom stereocenters. The Kier molecular flexibility index (Phi) is 5.24. The molecular formula is C19H16Cl2N2O. The first-order valence-corrected chi connectivity index (χ1v) is 8.35. The van der Waals surface area contributed by atoms with E-state index >= 15 is 0 Å². The number of amides is 1. The molecule has 0 saturated carbocycles. The second-order valence-electron chi connectivity index (χ2n) is 5.40. The number of hydrogen-bond donors (Lipinski definition) is 2. The maximum Gasteiger partial charge on any atom is 0.244 e. The first-order chi connectivity index (χ1) is 11.6. The van der Waals surface area contributed by atoms with Crippen molar-refractivity contribution in [3.05, 3.63) is 75.9 Å². The van der Waals surface area contributed by atoms with Gasteiger partial charge in [0.1, 0.15) is 0 Å². The van der Waals surface area contributed by atoms with E-state index in [1.807, 2.05) is 42.6 Å². The van der Waals surface area contributed by atoms with Crippen LogP contribution in [0.4, 0.5) is 0 Å². The van der Waals surface area contributed by atoms with Crippen molar-refractivity contribution in [2.24, 2.45) is 0 Å². The summed E-state index contributed by atoms with van der Waals surface area (Å²) in [5, 5.41) is 5.29. The zero-order chi connectivity index (χ0) is 16.9. The van der Waals surface area contributed by atoms with Gasteiger partial charge in [-0.15, -0.1) is 0 Å². The van der Waals surface area contributed by atoms with Crippen molar-refractivity contribution in [1.82, 2.24) is 10.3 Å². The first-order valence-electron chi connectivity index (χ1n) is 7.59. The van der Waals surface area contributed by atoms with Crippen LogP contribution in [0.2, 0.25) is 10.0 Å². The van der Waals surface area contributed by atoms with E-state index in [4.69, 9.17) is 23.2 Å². The number of hydrogen-bond acceptors (Lipinski definition) is 1. The Morgan fingerprint density at radius 2 is 2.00 bits per heavy atom. The highest BCUT2D eigenvalue weighted by atomic mass is 35.5. The summed E-state index contributed by atoms with van der Waals surface area (Å²) in [4.78, 5) is 15.1. The van der Waals surface area contributed by atoms with Crippen LogP contribution in [0.3, 0.4) is 0 Å². The number of H-pyrrole nitrogens is 1. The van der Waals surface area contributed by atoms with Crippen LogP contribution in [0, 0.1) is 0 Å². The van der Waals surface area contributed by atoms with E-state index < -0.39 is 0 Å². The number of aromatic amines is 1. The van der Waals surface area contributed by atoms with E-state index in [0.717, 1.165) is 28.5 Å². The minimum atomic E-state index is -0.146. The molecule has 0 aliphatic heterocycles. The Balaban J connectivity index is 1.57. The third-order valence-electron chi connectivity index (χ3n) is 3.74. The summed E-state index contributed by atoms with van der Waals surface area (Å²) in [7, 11) is 0. The summed E-state index contributed by atoms with van der Waals surface area (Å²) in [6, 6.07) is 13.1. The van der Waals surface area contributed by atoms with Gasteiger partial charge in [0.2, 0.25) is 5.91 Å². The molecule has 0 bridgehead atoms. The molecule has 0 aliphatic rings. The molecule has 1 aromatic heterocycles. The maximum absolute atomic E-state index is 11.9. The number of carbonyl (C=O) groups is 1. The van der Waals surface area contributed by atoms with Crippen molar-refractivity contribution in [1.29, 1.82) is 0 Å². The molecule has 0 fully saturated rings. The average molecular weight is 359 g/mol. The Hall–Kier alpha value is -2.23. The van der Waals surface area contributed by atoms with Crippen LogP contribution in [0.25, 0.3) is 17.0 Å². The molecule has 2 N–H and O–H groups in total. The number of fused-ring (bicyclic) bond motifs is 1. The lowest BCUT2D eigenvalue weighted by atomic mass is 10.1. The second-order valence-corrected chi connectivity index (χ2v) is 6.24. The number of nitrogens with one attached hydrogen (secondary N) is 2. The average Bonchev–Trinajstić information content (AvgIpc) is 2.96. The molecule has 0 aliphatic carbocycles. The van der Waals surface area contributed by atoms with Crippen LogP contribution < -0.4 is 5.32 Å². The summed E-state index contributed by atoms with van der Waals surface area (Å²) in [5.41, 5.74) is 2.99. The number of carbonyl (C=O) groups excluding carboxylic acids is 1. The van der Waals surface area contributed by atoms with Gasteiger partial charge in [-0.05, 0) is 47.9 Å². The van der Waals surface area contributed by atoms with Crippen LogP contribution in [0.5, 0.6) is 0 Å². The van der Waals surface area contributed by atoms with Gasteiger partial charge in [-0.3, -0.25) is 4.79 Å². The van der Waals surface area contributed by atoms with E-state index in [9.17, 15) is 4.79 Å². The van der Waals surface area contributed by atoms with E-state index in [1.165, 1.54) is 6.08 Å². The molecule has 3 aromatic rings. The highest BCUT2D eigenvalue weighted by Gasteiger charge is 2.05. The summed E-state index contributed by atoms with van der Waals surface area (Å²) < 4.78 is 0. The quantitative estimate of drug-likeness (QED) is 0.629. The summed E-state index contributed by atoms with van der Waals surface area (Å²) >= 11 is 12.1. The molecular weight excluding hydrogens is 343 g/mol. The van der Waals surface area contributed by atoms with Crippen molar-refractivity contribution >= 4 is 46.1 Å². The molecule has 1 heterocycles. The highest BCUT2D eigenvalue weighted by Crippen LogP contribution is 2.22. The molecule has 3 rings (SSSR count). The van der Waals surface area contributed by atoms with Crippen molar-refractivity contribution in [3.63, 3.8) is 0 Å². The van der Waals surface area contributed by atoms with E-state index in [2.05, 4.69) is 10.3 Å². The lowest BCUT2D eigenvalue weighted by Gasteiger charge is -2.02. The number of aromatic nitrogens is 1. The lowest BCUT2D eigenvalue weighted by Crippen LogP contribution is -2.23. The van der Waals surface area contributed by atoms with Gasteiger partial charge in [0, 0.05) is 39.8 Å². The second kappa shape index (κ2) is 7.56. The van der Waals surface area contributed by atoms with E-state index in [-0.39, 0.29) is 5.91 Å². The van der Waals surface area contributed by atoms with E-state index in [1.54, 1.807) is 12.1 Å². The third-order valence-corrected chi connectivity index (χ3v) is 4.32. The summed E-state index contributed by atoms with van der Waals surface area (Å²) in [5.74, 6) is -0.146. The van der Waals surface area contributed by atoms with Crippen molar-refractivity contribution in [2.45, 2.75) is 6.42 Å². The van der Waals surface area contributed by atoms with Gasteiger partial charge < -0.3 is 10.3 Å². The van der Waals surface area contributed by atoms with Crippen molar-refractivity contribution in [2.75, 3.05) is 6.54 Å². The first kappa shape index (κ1) is 16.6. The predicted molar refractivity (Wildman–Crippen MR) is 101 cm³/mol. The minimum Gasteiger partial charge on any atom is -0.361 e. The molecule has 0 radical (unpaired) electrons. The summed E-state index contributed by atoms with van der Waals surface area (Å²) in [6.07, 6.45) is 5.88. The lowest BCUT2D eigenvalue weighted by molar-refractivity contribution is -0.116. The molecule has 0 unspecified atom stereocenters. The Labute approximate surface area is 150 Å². The van der Waals surface area contributed by atoms with Crippen LogP contribution in [0.1, 0.15) is 11.1 Å². The third kappa shape index (κ3) is 3.99. The minimum absolute atomic E-state index is 0.146. The zero-order valence-electron chi connectivity index (χ0n) is 12.9. The van der Waals surface area contributed by atoms with Crippen molar-refractivity contribution in [3.8, 4) is 0 Å². The largest absolute Gasteiger partial charge is 0.361 e. The van der Waals surface area contributed by atoms with Gasteiger partial charge in [-0.25, -0.2) is 0 Å². The molecule has 24 heavy (non-hydrogen) atoms. The van der Waals surface area contributed by atoms with Crippen LogP contribution in [-0.2, 0) is 11.2 Å². The van der Waals surface area contributed by atoms with Gasteiger partial charge in [0.15, 0.2) is 0 Å². The van der Waals surface area contributed by atoms with Crippen molar-refractivity contribution < 1.29 is 4.79 Å². The SMILES string of the molecule is O=C(/C=C/c1ccccc1Cl)NCCc1c[nH]c2ccc(Cl)cc12. The van der Waals surface area contributed by atoms with Gasteiger partial charge in [0.05, 0.1) is 0 Å². The fourth-order valence-corrected chi connectivity index (χ4v) is 2.88. The molecule has 1 amide bonds. The van der Waals surface area contributed by atoms with Gasteiger partial charge in [-0.1, -0.05) is 41.4 Å². The molecule has 0 spiro atoms. The topological polar surface area (TPSA) is 44.9 Å². The fourth-order valence-electron chi connectivity index (χ4n) is 2.51. The molecule has 0 saturated heterocycles. The standard InChI is InChI=1S/C19H16Cl2N2O/c20-15-6-7-18-16(11-15)14(12-23-18)9-10-22-19(24)8-5-13-3-1-2-4-17(13)21/h1-8,11-12,23H,9-10H2,(H,22,24)/b8-5+. The zero-order valence-corrected chi connectivity index (χ0v) is 14.4. The predicted octanol–water partition coefficient (Wildman–Crippen LogP) is 4.85. The summed E-state index contributed by atoms with van der Waals surface area (Å²) in [6.45, 7) is 0.547. The van der Waals surface area contributed by atoms with E-state index in [0.29, 0.717) is 16.6 Å². The number of halogens is 2. The normalized spacial score (nSPS) is 11.2. The highest BCUT2D eigenvalue weighted by molar-refractivity contribution is 6.32. The number of benzene rings is 2. The van der Waals surface area contributed by atoms with Gasteiger partial charge in [0.25, 0.3) is 0 Å². The van der Waals surface area contributed by atoms with Gasteiger partial charge in [-0.2, -0.15) is 0 Å². The molecule has 5 heteroatoms. The Bertz CT molecular complexity index is 899. The van der Waals surface area contributed by atoms with Gasteiger partial charge >= 0.3 is 0 Å². The Morgan fingerprint density at radius 3 is 2.83 bits per heavy atom. The molecule has 3 nitrogen and oxygen atoms in total. The molecule has 122 valence electrons. The van der Waals surface area contributed by atoms with Crippen LogP contribution in [-0.4, -0.2) is 17.4 Å². The van der Waals surface area contributed by atoms with Crippen LogP contribution >= 0.6 is 23.2 Å². The Morgan fingerprint density at radius 1 is 1.17 bits per heavy atom. The van der Waals surface area contributed by atoms with Crippen LogP contribution in [0.15, 0.2) is 54.7 Å². The maximum atomic E-state index is 11.9. The smallest absolute Gasteiger partial charge is 0.244 e. The fraction of sp³-hybridized carbons (Fsp3) is 0.105.